The number of rotatable bonds is 3. The molecule has 0 radical (unpaired) electrons. The Morgan fingerprint density at radius 1 is 1.70 bits per heavy atom. The molecule has 0 bridgehead atoms. The summed E-state index contributed by atoms with van der Waals surface area (Å²) >= 11 is 0. The lowest BCUT2D eigenvalue weighted by atomic mass is 10.00. The maximum atomic E-state index is 9.88. The molecule has 0 aliphatic heterocycles. The first-order valence-corrected chi connectivity index (χ1v) is 3.30. The molecule has 0 aliphatic rings. The van der Waals surface area contributed by atoms with Gasteiger partial charge in [-0.2, -0.15) is 0 Å². The van der Waals surface area contributed by atoms with Gasteiger partial charge in [0.2, 0.25) is 0 Å². The van der Waals surface area contributed by atoms with Crippen LogP contribution in [0.3, 0.4) is 0 Å². The van der Waals surface area contributed by atoms with E-state index in [4.69, 9.17) is 8.22 Å². The van der Waals surface area contributed by atoms with Crippen LogP contribution in [0.25, 0.3) is 0 Å². The average molecular weight is 148 g/mol. The summed E-state index contributed by atoms with van der Waals surface area (Å²) in [6, 6.07) is 0. The van der Waals surface area contributed by atoms with Crippen molar-refractivity contribution in [3.05, 3.63) is 11.6 Å². The smallest absolute Gasteiger partial charge is 0.0594 e. The fourth-order valence-electron chi connectivity index (χ4n) is 0.522. The van der Waals surface area contributed by atoms with Gasteiger partial charge in [0.1, 0.15) is 0 Å². The molecule has 0 aromatic rings. The second kappa shape index (κ2) is 3.77. The van der Waals surface area contributed by atoms with Crippen molar-refractivity contribution < 1.29 is 13.3 Å². The Labute approximate surface area is 72.2 Å². The fourth-order valence-corrected chi connectivity index (χ4v) is 0.522. The zero-order valence-electron chi connectivity index (χ0n) is 12.4. The van der Waals surface area contributed by atoms with E-state index in [1.807, 2.05) is 0 Å². The van der Waals surface area contributed by atoms with E-state index in [9.17, 15) is 5.11 Å². The van der Waals surface area contributed by atoms with Crippen molar-refractivity contribution in [3.63, 3.8) is 0 Å². The predicted molar refractivity (Wildman–Crippen MR) is 45.0 cm³/mol. The molecular formula is C9H18O. The van der Waals surface area contributed by atoms with Crippen LogP contribution in [0.2, 0.25) is 0 Å². The summed E-state index contributed by atoms with van der Waals surface area (Å²) in [6.07, 6.45) is 1.72. The van der Waals surface area contributed by atoms with Crippen molar-refractivity contribution in [2.45, 2.75) is 46.0 Å². The monoisotopic (exact) mass is 148 g/mol. The van der Waals surface area contributed by atoms with Crippen LogP contribution in [0.4, 0.5) is 0 Å². The average Bonchev–Trinajstić information content (AvgIpc) is 2.09. The third kappa shape index (κ3) is 5.83. The van der Waals surface area contributed by atoms with E-state index in [1.54, 1.807) is 19.9 Å². The Hall–Kier alpha value is -0.300. The maximum absolute atomic E-state index is 9.88. The standard InChI is InChI=1S/C9H18O/c1-5-8(2)6-7-9(3,4)10/h5,10H,6-7H2,1-4H3/b8-5+/i3D3,4D3. The molecule has 1 N–H and O–H groups in total. The highest BCUT2D eigenvalue weighted by Gasteiger charge is 2.10. The second-order valence-corrected chi connectivity index (χ2v) is 2.50. The van der Waals surface area contributed by atoms with Crippen molar-refractivity contribution in [2.24, 2.45) is 0 Å². The van der Waals surface area contributed by atoms with Crippen LogP contribution in [0, 0.1) is 0 Å². The topological polar surface area (TPSA) is 20.2 Å². The van der Waals surface area contributed by atoms with E-state index in [2.05, 4.69) is 0 Å². The maximum Gasteiger partial charge on any atom is 0.0594 e. The van der Waals surface area contributed by atoms with Crippen molar-refractivity contribution in [1.29, 1.82) is 0 Å². The van der Waals surface area contributed by atoms with Crippen LogP contribution in [0.5, 0.6) is 0 Å². The SMILES string of the molecule is [2H]C([2H])([2H])C(O)(CC/C(C)=C/C)C([2H])([2H])[2H]. The summed E-state index contributed by atoms with van der Waals surface area (Å²) in [4.78, 5) is 0. The molecule has 0 aromatic heterocycles. The molecule has 10 heavy (non-hydrogen) atoms. The molecule has 1 nitrogen and oxygen atoms in total. The molecule has 0 aliphatic carbocycles. The Bertz CT molecular complexity index is 248. The van der Waals surface area contributed by atoms with E-state index < -0.39 is 19.3 Å². The molecule has 0 fully saturated rings. The lowest BCUT2D eigenvalue weighted by Crippen LogP contribution is -2.17. The largest absolute Gasteiger partial charge is 0.390 e. The van der Waals surface area contributed by atoms with Crippen LogP contribution in [0.1, 0.15) is 48.6 Å². The van der Waals surface area contributed by atoms with Crippen LogP contribution >= 0.6 is 0 Å². The molecule has 60 valence electrons. The normalized spacial score (nSPS) is 25.3. The van der Waals surface area contributed by atoms with Gasteiger partial charge in [0.05, 0.1) is 5.60 Å². The summed E-state index contributed by atoms with van der Waals surface area (Å²) in [6.45, 7) is -2.28. The van der Waals surface area contributed by atoms with E-state index in [0.717, 1.165) is 5.57 Å². The molecule has 0 saturated heterocycles. The van der Waals surface area contributed by atoms with E-state index in [-0.39, 0.29) is 12.8 Å². The first-order valence-electron chi connectivity index (χ1n) is 6.30. The lowest BCUT2D eigenvalue weighted by molar-refractivity contribution is 0.0714. The molecule has 0 heterocycles. The molecule has 0 amide bonds. The van der Waals surface area contributed by atoms with Crippen LogP contribution in [0.15, 0.2) is 11.6 Å². The van der Waals surface area contributed by atoms with Gasteiger partial charge in [0.15, 0.2) is 0 Å². The van der Waals surface area contributed by atoms with Gasteiger partial charge in [-0.25, -0.2) is 0 Å². The van der Waals surface area contributed by atoms with Crippen molar-refractivity contribution >= 4 is 0 Å². The summed E-state index contributed by atoms with van der Waals surface area (Å²) in [5.41, 5.74) is -1.78. The Balaban J connectivity index is 4.99. The minimum atomic E-state index is -2.91. The van der Waals surface area contributed by atoms with Gasteiger partial charge in [0.25, 0.3) is 0 Å². The third-order valence-electron chi connectivity index (χ3n) is 1.37. The Morgan fingerprint density at radius 2 is 2.30 bits per heavy atom. The van der Waals surface area contributed by atoms with Crippen molar-refractivity contribution in [3.8, 4) is 0 Å². The predicted octanol–water partition coefficient (Wildman–Crippen LogP) is 2.50. The van der Waals surface area contributed by atoms with E-state index >= 15 is 0 Å². The molecule has 0 saturated carbocycles. The van der Waals surface area contributed by atoms with Gasteiger partial charge in [-0.3, -0.25) is 0 Å². The van der Waals surface area contributed by atoms with E-state index in [0.29, 0.717) is 0 Å². The zero-order chi connectivity index (χ0) is 13.2. The summed E-state index contributed by atoms with van der Waals surface area (Å²) < 4.78 is 42.9. The lowest BCUT2D eigenvalue weighted by Gasteiger charge is -2.16. The highest BCUT2D eigenvalue weighted by Crippen LogP contribution is 2.14. The minimum Gasteiger partial charge on any atom is -0.390 e. The number of hydrogen-bond acceptors (Lipinski definition) is 1. The van der Waals surface area contributed by atoms with Gasteiger partial charge in [-0.05, 0) is 40.4 Å². The molecule has 1 heteroatoms. The Morgan fingerprint density at radius 3 is 2.70 bits per heavy atom. The number of aliphatic hydroxyl groups is 1. The summed E-state index contributed by atoms with van der Waals surface area (Å²) in [7, 11) is 0. The molecule has 0 unspecified atom stereocenters. The summed E-state index contributed by atoms with van der Waals surface area (Å²) in [5.74, 6) is 0. The second-order valence-electron chi connectivity index (χ2n) is 2.50. The molecular weight excluding hydrogens is 124 g/mol. The zero-order valence-corrected chi connectivity index (χ0v) is 6.44. The van der Waals surface area contributed by atoms with Crippen molar-refractivity contribution in [1.82, 2.24) is 0 Å². The fraction of sp³-hybridized carbons (Fsp3) is 0.778. The molecule has 0 spiro atoms. The highest BCUT2D eigenvalue weighted by molar-refractivity contribution is 4.96. The number of allylic oxidation sites excluding steroid dienone is 2. The molecule has 0 rings (SSSR count). The van der Waals surface area contributed by atoms with Crippen molar-refractivity contribution in [2.75, 3.05) is 0 Å². The van der Waals surface area contributed by atoms with Gasteiger partial charge in [0, 0.05) is 8.22 Å². The quantitative estimate of drug-likeness (QED) is 0.610. The van der Waals surface area contributed by atoms with E-state index in [1.165, 1.54) is 0 Å². The highest BCUT2D eigenvalue weighted by atomic mass is 16.3. The minimum absolute atomic E-state index is 0.254. The van der Waals surface area contributed by atoms with Gasteiger partial charge in [-0.1, -0.05) is 11.6 Å². The van der Waals surface area contributed by atoms with Gasteiger partial charge in [-0.15, -0.1) is 0 Å². The van der Waals surface area contributed by atoms with Crippen LogP contribution < -0.4 is 0 Å². The molecule has 0 atom stereocenters. The number of hydrogen-bond donors (Lipinski definition) is 1. The summed E-state index contributed by atoms with van der Waals surface area (Å²) in [5, 5.41) is 9.88. The van der Waals surface area contributed by atoms with Crippen LogP contribution in [-0.2, 0) is 0 Å². The third-order valence-corrected chi connectivity index (χ3v) is 1.37. The Kier molecular flexibility index (Phi) is 1.28. The van der Waals surface area contributed by atoms with Gasteiger partial charge < -0.3 is 5.11 Å². The van der Waals surface area contributed by atoms with Crippen LogP contribution in [-0.4, -0.2) is 10.7 Å². The van der Waals surface area contributed by atoms with Gasteiger partial charge >= 0.3 is 0 Å². The first kappa shape index (κ1) is 3.40. The first-order chi connectivity index (χ1) is 6.95. The molecule has 0 aromatic carbocycles.